The predicted molar refractivity (Wildman–Crippen MR) is 102 cm³/mol. The Kier molecular flexibility index (Phi) is 4.41. The average Bonchev–Trinajstić information content (AvgIpc) is 2.70. The van der Waals surface area contributed by atoms with E-state index < -0.39 is 23.1 Å². The highest BCUT2D eigenvalue weighted by Gasteiger charge is 2.12. The highest BCUT2D eigenvalue weighted by molar-refractivity contribution is 6.06. The number of carbonyl (C=O) groups excluding carboxylic acids is 1. The number of amides is 1. The van der Waals surface area contributed by atoms with Gasteiger partial charge in [-0.1, -0.05) is 12.1 Å². The van der Waals surface area contributed by atoms with Crippen molar-refractivity contribution in [2.75, 3.05) is 5.32 Å². The SMILES string of the molecule is O=C(Nc1ccc(F)cc1)c1ccc2c(=O)n(-c3ccccc3F)cnc2c1. The fourth-order valence-electron chi connectivity index (χ4n) is 2.82. The first-order valence-electron chi connectivity index (χ1n) is 8.36. The monoisotopic (exact) mass is 377 g/mol. The molecule has 0 fully saturated rings. The van der Waals surface area contributed by atoms with Crippen molar-refractivity contribution in [3.05, 3.63) is 101 Å². The second kappa shape index (κ2) is 7.03. The Labute approximate surface area is 157 Å². The molecule has 0 bridgehead atoms. The van der Waals surface area contributed by atoms with E-state index in [2.05, 4.69) is 10.3 Å². The molecule has 5 nitrogen and oxygen atoms in total. The van der Waals surface area contributed by atoms with Crippen LogP contribution in [0, 0.1) is 11.6 Å². The van der Waals surface area contributed by atoms with Gasteiger partial charge in [-0.25, -0.2) is 13.8 Å². The van der Waals surface area contributed by atoms with Crippen LogP contribution in [0.25, 0.3) is 16.6 Å². The Balaban J connectivity index is 1.69. The minimum absolute atomic E-state index is 0.0972. The van der Waals surface area contributed by atoms with Crippen LogP contribution in [0.4, 0.5) is 14.5 Å². The molecule has 138 valence electrons. The van der Waals surface area contributed by atoms with E-state index in [9.17, 15) is 18.4 Å². The number of hydrogen-bond donors (Lipinski definition) is 1. The van der Waals surface area contributed by atoms with Crippen molar-refractivity contribution < 1.29 is 13.6 Å². The summed E-state index contributed by atoms with van der Waals surface area (Å²) in [5.74, 6) is -1.37. The first-order chi connectivity index (χ1) is 13.5. The molecule has 0 radical (unpaired) electrons. The molecule has 0 saturated heterocycles. The Bertz CT molecular complexity index is 1250. The van der Waals surface area contributed by atoms with Gasteiger partial charge in [0.1, 0.15) is 18.0 Å². The van der Waals surface area contributed by atoms with Gasteiger partial charge in [0.25, 0.3) is 11.5 Å². The summed E-state index contributed by atoms with van der Waals surface area (Å²) in [7, 11) is 0. The highest BCUT2D eigenvalue weighted by Crippen LogP contribution is 2.16. The van der Waals surface area contributed by atoms with E-state index in [1.807, 2.05) is 0 Å². The molecule has 0 aliphatic heterocycles. The first-order valence-corrected chi connectivity index (χ1v) is 8.36. The molecule has 1 heterocycles. The molecular formula is C21H13F2N3O2. The standard InChI is InChI=1S/C21H13F2N3O2/c22-14-6-8-15(9-7-14)25-20(27)13-5-10-16-18(11-13)24-12-26(21(16)28)19-4-2-1-3-17(19)23/h1-12H,(H,25,27). The number of rotatable bonds is 3. The summed E-state index contributed by atoms with van der Waals surface area (Å²) < 4.78 is 28.1. The minimum Gasteiger partial charge on any atom is -0.322 e. The van der Waals surface area contributed by atoms with Gasteiger partial charge in [-0.2, -0.15) is 0 Å². The lowest BCUT2D eigenvalue weighted by atomic mass is 10.1. The van der Waals surface area contributed by atoms with E-state index in [-0.39, 0.29) is 16.6 Å². The van der Waals surface area contributed by atoms with Crippen LogP contribution >= 0.6 is 0 Å². The third-order valence-electron chi connectivity index (χ3n) is 4.24. The largest absolute Gasteiger partial charge is 0.322 e. The Morgan fingerprint density at radius 1 is 0.964 bits per heavy atom. The van der Waals surface area contributed by atoms with Crippen molar-refractivity contribution in [1.82, 2.24) is 9.55 Å². The maximum absolute atomic E-state index is 14.0. The first kappa shape index (κ1) is 17.5. The van der Waals surface area contributed by atoms with Gasteiger partial charge >= 0.3 is 0 Å². The molecule has 0 atom stereocenters. The van der Waals surface area contributed by atoms with Crippen LogP contribution in [-0.2, 0) is 0 Å². The molecule has 4 aromatic rings. The third kappa shape index (κ3) is 3.25. The number of hydrogen-bond acceptors (Lipinski definition) is 3. The van der Waals surface area contributed by atoms with Crippen LogP contribution in [-0.4, -0.2) is 15.5 Å². The fraction of sp³-hybridized carbons (Fsp3) is 0. The van der Waals surface area contributed by atoms with Crippen molar-refractivity contribution in [1.29, 1.82) is 0 Å². The molecule has 7 heteroatoms. The molecular weight excluding hydrogens is 364 g/mol. The fourth-order valence-corrected chi connectivity index (χ4v) is 2.82. The van der Waals surface area contributed by atoms with Crippen molar-refractivity contribution >= 4 is 22.5 Å². The van der Waals surface area contributed by atoms with Crippen molar-refractivity contribution in [2.45, 2.75) is 0 Å². The topological polar surface area (TPSA) is 64.0 Å². The molecule has 1 aromatic heterocycles. The molecule has 0 aliphatic carbocycles. The molecule has 4 rings (SSSR count). The minimum atomic E-state index is -0.541. The zero-order valence-electron chi connectivity index (χ0n) is 14.4. The molecule has 3 aromatic carbocycles. The zero-order chi connectivity index (χ0) is 19.7. The number of para-hydroxylation sites is 1. The summed E-state index contributed by atoms with van der Waals surface area (Å²) in [6.45, 7) is 0. The number of halogens is 2. The van der Waals surface area contributed by atoms with Gasteiger partial charge in [0.2, 0.25) is 0 Å². The summed E-state index contributed by atoms with van der Waals surface area (Å²) in [6.07, 6.45) is 1.23. The van der Waals surface area contributed by atoms with Crippen LogP contribution in [0.5, 0.6) is 0 Å². The molecule has 1 amide bonds. The number of nitrogens with one attached hydrogen (secondary N) is 1. The van der Waals surface area contributed by atoms with E-state index in [1.165, 1.54) is 67.0 Å². The smallest absolute Gasteiger partial charge is 0.265 e. The summed E-state index contributed by atoms with van der Waals surface area (Å²) in [6, 6.07) is 15.7. The van der Waals surface area contributed by atoms with Gasteiger partial charge in [-0.15, -0.1) is 0 Å². The number of nitrogens with zero attached hydrogens (tertiary/aromatic N) is 2. The lowest BCUT2D eigenvalue weighted by Gasteiger charge is -2.09. The summed E-state index contributed by atoms with van der Waals surface area (Å²) in [5, 5.41) is 2.90. The summed E-state index contributed by atoms with van der Waals surface area (Å²) in [5.41, 5.74) is 0.687. The van der Waals surface area contributed by atoms with Crippen LogP contribution in [0.3, 0.4) is 0 Å². The molecule has 0 aliphatic rings. The third-order valence-corrected chi connectivity index (χ3v) is 4.24. The number of fused-ring (bicyclic) bond motifs is 1. The summed E-state index contributed by atoms with van der Waals surface area (Å²) in [4.78, 5) is 29.3. The molecule has 0 spiro atoms. The Morgan fingerprint density at radius 3 is 2.46 bits per heavy atom. The van der Waals surface area contributed by atoms with Gasteiger partial charge in [-0.3, -0.25) is 14.2 Å². The molecule has 0 unspecified atom stereocenters. The zero-order valence-corrected chi connectivity index (χ0v) is 14.4. The molecule has 28 heavy (non-hydrogen) atoms. The highest BCUT2D eigenvalue weighted by atomic mass is 19.1. The van der Waals surface area contributed by atoms with E-state index in [0.29, 0.717) is 11.2 Å². The van der Waals surface area contributed by atoms with Crippen molar-refractivity contribution in [3.8, 4) is 5.69 Å². The lowest BCUT2D eigenvalue weighted by Crippen LogP contribution is -2.20. The Hall–Kier alpha value is -3.87. The van der Waals surface area contributed by atoms with Crippen LogP contribution in [0.15, 0.2) is 77.9 Å². The van der Waals surface area contributed by atoms with Gasteiger partial charge < -0.3 is 5.32 Å². The van der Waals surface area contributed by atoms with E-state index in [4.69, 9.17) is 0 Å². The number of carbonyl (C=O) groups is 1. The second-order valence-electron chi connectivity index (χ2n) is 6.06. The maximum atomic E-state index is 14.0. The lowest BCUT2D eigenvalue weighted by molar-refractivity contribution is 0.102. The van der Waals surface area contributed by atoms with Crippen LogP contribution in [0.2, 0.25) is 0 Å². The quantitative estimate of drug-likeness (QED) is 0.589. The van der Waals surface area contributed by atoms with Gasteiger partial charge in [-0.05, 0) is 54.6 Å². The van der Waals surface area contributed by atoms with E-state index in [0.717, 1.165) is 4.57 Å². The number of aromatic nitrogens is 2. The number of benzene rings is 3. The van der Waals surface area contributed by atoms with E-state index >= 15 is 0 Å². The average molecular weight is 377 g/mol. The van der Waals surface area contributed by atoms with E-state index in [1.54, 1.807) is 6.07 Å². The maximum Gasteiger partial charge on any atom is 0.265 e. The molecule has 0 saturated carbocycles. The van der Waals surface area contributed by atoms with Crippen LogP contribution < -0.4 is 10.9 Å². The van der Waals surface area contributed by atoms with Crippen LogP contribution in [0.1, 0.15) is 10.4 Å². The normalized spacial score (nSPS) is 10.8. The van der Waals surface area contributed by atoms with Gasteiger partial charge in [0.15, 0.2) is 0 Å². The predicted octanol–water partition coefficient (Wildman–Crippen LogP) is 3.92. The molecule has 1 N–H and O–H groups in total. The summed E-state index contributed by atoms with van der Waals surface area (Å²) >= 11 is 0. The van der Waals surface area contributed by atoms with Crippen molar-refractivity contribution in [3.63, 3.8) is 0 Å². The van der Waals surface area contributed by atoms with Crippen molar-refractivity contribution in [2.24, 2.45) is 0 Å². The second-order valence-corrected chi connectivity index (χ2v) is 6.06. The Morgan fingerprint density at radius 2 is 1.71 bits per heavy atom. The van der Waals surface area contributed by atoms with Gasteiger partial charge in [0, 0.05) is 11.3 Å². The number of anilines is 1. The van der Waals surface area contributed by atoms with Gasteiger partial charge in [0.05, 0.1) is 16.6 Å².